The quantitative estimate of drug-likeness (QED) is 0.400. The van der Waals surface area contributed by atoms with Crippen LogP contribution in [-0.2, 0) is 10.5 Å². The minimum atomic E-state index is -0.773. The summed E-state index contributed by atoms with van der Waals surface area (Å²) in [4.78, 5) is 26.9. The summed E-state index contributed by atoms with van der Waals surface area (Å²) in [6, 6.07) is 15.4. The Kier molecular flexibility index (Phi) is 7.35. The molecule has 2 amide bonds. The van der Waals surface area contributed by atoms with Crippen LogP contribution in [0.5, 0.6) is 0 Å². The Bertz CT molecular complexity index is 1060. The number of hydrogen-bond acceptors (Lipinski definition) is 5. The second kappa shape index (κ2) is 9.98. The van der Waals surface area contributed by atoms with Gasteiger partial charge in [0.25, 0.3) is 5.91 Å². The first-order valence-electron chi connectivity index (χ1n) is 9.56. The third-order valence-corrected chi connectivity index (χ3v) is 6.12. The van der Waals surface area contributed by atoms with E-state index in [4.69, 9.17) is 4.74 Å². The molecule has 0 spiro atoms. The van der Waals surface area contributed by atoms with Gasteiger partial charge in [0.15, 0.2) is 0 Å². The normalized spacial score (nSPS) is 11.1. The Hall–Kier alpha value is -2.84. The maximum absolute atomic E-state index is 14.1. The molecule has 0 bridgehead atoms. The average molecular weight is 459 g/mol. The first-order chi connectivity index (χ1) is 14.7. The van der Waals surface area contributed by atoms with Crippen LogP contribution in [0.4, 0.5) is 20.6 Å². The van der Waals surface area contributed by atoms with E-state index in [-0.39, 0.29) is 11.6 Å². The number of thioether (sulfide) groups is 1. The minimum Gasteiger partial charge on any atom is -0.444 e. The first-order valence-corrected chi connectivity index (χ1v) is 11.4. The van der Waals surface area contributed by atoms with Gasteiger partial charge in [-0.3, -0.25) is 10.1 Å². The number of hydrogen-bond donors (Lipinski definition) is 2. The Labute approximate surface area is 189 Å². The molecule has 0 aliphatic rings. The molecule has 0 saturated heterocycles. The van der Waals surface area contributed by atoms with Gasteiger partial charge in [-0.05, 0) is 62.5 Å². The number of ether oxygens (including phenoxy) is 1. The fourth-order valence-corrected chi connectivity index (χ4v) is 4.46. The lowest BCUT2D eigenvalue weighted by Crippen LogP contribution is -2.27. The van der Waals surface area contributed by atoms with Crippen molar-refractivity contribution in [2.75, 3.05) is 10.6 Å². The number of carbonyl (C=O) groups excluding carboxylic acids is 2. The standard InChI is InChI=1S/C23H23FN2O3S2/c1-23(2,3)29-22(28)26-19-13-15(10-11-18(19)24)25-21(27)17-8-4-5-9-20(17)31-14-16-7-6-12-30-16/h4-13H,14H2,1-3H3,(H,25,27)(H,26,28). The van der Waals surface area contributed by atoms with Crippen molar-refractivity contribution in [3.8, 4) is 0 Å². The van der Waals surface area contributed by atoms with E-state index in [9.17, 15) is 14.0 Å². The van der Waals surface area contributed by atoms with E-state index in [0.717, 1.165) is 10.6 Å². The fraction of sp³-hybridized carbons (Fsp3) is 0.217. The number of nitrogens with one attached hydrogen (secondary N) is 2. The fourth-order valence-electron chi connectivity index (χ4n) is 2.63. The van der Waals surface area contributed by atoms with Crippen LogP contribution in [0.3, 0.4) is 0 Å². The second-order valence-electron chi connectivity index (χ2n) is 7.64. The molecule has 0 saturated carbocycles. The Morgan fingerprint density at radius 3 is 2.55 bits per heavy atom. The van der Waals surface area contributed by atoms with Crippen LogP contribution in [-0.4, -0.2) is 17.6 Å². The Morgan fingerprint density at radius 1 is 1.06 bits per heavy atom. The first kappa shape index (κ1) is 22.8. The monoisotopic (exact) mass is 458 g/mol. The molecule has 0 aliphatic heterocycles. The summed E-state index contributed by atoms with van der Waals surface area (Å²) in [6.45, 7) is 5.15. The van der Waals surface area contributed by atoms with E-state index in [1.165, 1.54) is 23.1 Å². The molecular formula is C23H23FN2O3S2. The molecule has 162 valence electrons. The number of benzene rings is 2. The highest BCUT2D eigenvalue weighted by molar-refractivity contribution is 7.98. The molecule has 2 aromatic carbocycles. The summed E-state index contributed by atoms with van der Waals surface area (Å²) in [5.41, 5.74) is 0.0922. The van der Waals surface area contributed by atoms with Crippen LogP contribution in [0.1, 0.15) is 36.0 Å². The van der Waals surface area contributed by atoms with Gasteiger partial charge in [-0.25, -0.2) is 9.18 Å². The van der Waals surface area contributed by atoms with Gasteiger partial charge >= 0.3 is 6.09 Å². The molecule has 0 fully saturated rings. The van der Waals surface area contributed by atoms with Gasteiger partial charge in [-0.1, -0.05) is 18.2 Å². The molecule has 0 aliphatic carbocycles. The van der Waals surface area contributed by atoms with Crippen LogP contribution in [0.2, 0.25) is 0 Å². The summed E-state index contributed by atoms with van der Waals surface area (Å²) in [5.74, 6) is -0.178. The average Bonchev–Trinajstić information content (AvgIpc) is 3.21. The second-order valence-corrected chi connectivity index (χ2v) is 9.69. The van der Waals surface area contributed by atoms with Gasteiger partial charge in [0.1, 0.15) is 11.4 Å². The summed E-state index contributed by atoms with van der Waals surface area (Å²) in [5, 5.41) is 7.17. The van der Waals surface area contributed by atoms with E-state index < -0.39 is 17.5 Å². The molecule has 0 unspecified atom stereocenters. The molecule has 1 heterocycles. The number of amides is 2. The highest BCUT2D eigenvalue weighted by atomic mass is 32.2. The van der Waals surface area contributed by atoms with Gasteiger partial charge in [0.2, 0.25) is 0 Å². The smallest absolute Gasteiger partial charge is 0.412 e. The number of carbonyl (C=O) groups is 2. The van der Waals surface area contributed by atoms with E-state index in [2.05, 4.69) is 16.7 Å². The minimum absolute atomic E-state index is 0.0765. The lowest BCUT2D eigenvalue weighted by atomic mass is 10.2. The summed E-state index contributed by atoms with van der Waals surface area (Å²) < 4.78 is 19.3. The highest BCUT2D eigenvalue weighted by Crippen LogP contribution is 2.29. The van der Waals surface area contributed by atoms with E-state index in [1.54, 1.807) is 56.0 Å². The SMILES string of the molecule is CC(C)(C)OC(=O)Nc1cc(NC(=O)c2ccccc2SCc2cccs2)ccc1F. The third kappa shape index (κ3) is 6.83. The zero-order valence-electron chi connectivity index (χ0n) is 17.4. The topological polar surface area (TPSA) is 67.4 Å². The van der Waals surface area contributed by atoms with E-state index in [1.807, 2.05) is 23.6 Å². The van der Waals surface area contributed by atoms with Crippen molar-refractivity contribution < 1.29 is 18.7 Å². The summed E-state index contributed by atoms with van der Waals surface area (Å²) >= 11 is 3.25. The van der Waals surface area contributed by atoms with Crippen LogP contribution in [0.25, 0.3) is 0 Å². The van der Waals surface area contributed by atoms with Crippen molar-refractivity contribution >= 4 is 46.5 Å². The molecule has 0 radical (unpaired) electrons. The Morgan fingerprint density at radius 2 is 1.84 bits per heavy atom. The van der Waals surface area contributed by atoms with Gasteiger partial charge in [0.05, 0.1) is 11.3 Å². The molecule has 0 atom stereocenters. The molecule has 5 nitrogen and oxygen atoms in total. The molecular weight excluding hydrogens is 435 g/mol. The van der Waals surface area contributed by atoms with Crippen molar-refractivity contribution in [2.24, 2.45) is 0 Å². The molecule has 3 aromatic rings. The zero-order valence-corrected chi connectivity index (χ0v) is 19.0. The zero-order chi connectivity index (χ0) is 22.4. The van der Waals surface area contributed by atoms with E-state index >= 15 is 0 Å². The lowest BCUT2D eigenvalue weighted by molar-refractivity contribution is 0.0635. The van der Waals surface area contributed by atoms with Crippen LogP contribution >= 0.6 is 23.1 Å². The Balaban J connectivity index is 1.71. The lowest BCUT2D eigenvalue weighted by Gasteiger charge is -2.20. The number of thiophene rings is 1. The molecule has 3 rings (SSSR count). The summed E-state index contributed by atoms with van der Waals surface area (Å²) in [6.07, 6.45) is -0.773. The predicted octanol–water partition coefficient (Wildman–Crippen LogP) is 6.78. The molecule has 8 heteroatoms. The molecule has 1 aromatic heterocycles. The summed E-state index contributed by atoms with van der Waals surface area (Å²) in [7, 11) is 0. The maximum Gasteiger partial charge on any atom is 0.412 e. The van der Waals surface area contributed by atoms with Crippen molar-refractivity contribution in [1.29, 1.82) is 0 Å². The van der Waals surface area contributed by atoms with Gasteiger partial charge in [0, 0.05) is 21.2 Å². The van der Waals surface area contributed by atoms with Gasteiger partial charge in [-0.15, -0.1) is 23.1 Å². The van der Waals surface area contributed by atoms with Crippen LogP contribution in [0, 0.1) is 5.82 Å². The largest absolute Gasteiger partial charge is 0.444 e. The maximum atomic E-state index is 14.1. The highest BCUT2D eigenvalue weighted by Gasteiger charge is 2.18. The third-order valence-electron chi connectivity index (χ3n) is 3.94. The number of halogens is 1. The van der Waals surface area contributed by atoms with Crippen LogP contribution < -0.4 is 10.6 Å². The van der Waals surface area contributed by atoms with E-state index in [0.29, 0.717) is 11.3 Å². The van der Waals surface area contributed by atoms with Gasteiger partial charge in [-0.2, -0.15) is 0 Å². The van der Waals surface area contributed by atoms with Crippen molar-refractivity contribution in [3.05, 3.63) is 76.2 Å². The number of anilines is 2. The van der Waals surface area contributed by atoms with Crippen LogP contribution in [0.15, 0.2) is 64.9 Å². The molecule has 2 N–H and O–H groups in total. The van der Waals surface area contributed by atoms with Crippen molar-refractivity contribution in [2.45, 2.75) is 37.0 Å². The number of rotatable bonds is 6. The van der Waals surface area contributed by atoms with Crippen molar-refractivity contribution in [3.63, 3.8) is 0 Å². The predicted molar refractivity (Wildman–Crippen MR) is 125 cm³/mol. The molecule has 31 heavy (non-hydrogen) atoms. The van der Waals surface area contributed by atoms with Crippen molar-refractivity contribution in [1.82, 2.24) is 0 Å². The van der Waals surface area contributed by atoms with Gasteiger partial charge < -0.3 is 10.1 Å².